The summed E-state index contributed by atoms with van der Waals surface area (Å²) in [5, 5.41) is 16.2. The quantitative estimate of drug-likeness (QED) is 0.710. The molecule has 0 saturated heterocycles. The van der Waals surface area contributed by atoms with Gasteiger partial charge in [0, 0.05) is 23.6 Å². The van der Waals surface area contributed by atoms with Gasteiger partial charge in [-0.3, -0.25) is 4.79 Å². The second-order valence-corrected chi connectivity index (χ2v) is 6.52. The minimum absolute atomic E-state index is 0.110. The summed E-state index contributed by atoms with van der Waals surface area (Å²) in [6.45, 7) is 0. The molecule has 0 saturated carbocycles. The molecule has 1 aliphatic rings. The predicted octanol–water partition coefficient (Wildman–Crippen LogP) is 3.99. The Bertz CT molecular complexity index is 1060. The standard InChI is InChI=1S/C22H20N2O5/c1-27-14-9-10-16(21(12-14)28-2)18-13-17(15-6-3-4-7-19(15)25)23-24(18)22(26)20-8-5-11-29-20/h3-12,18,25H,13H2,1-2H3/t18-/m1/s1. The van der Waals surface area contributed by atoms with Crippen LogP contribution in [0.15, 0.2) is 70.4 Å². The van der Waals surface area contributed by atoms with E-state index in [2.05, 4.69) is 5.10 Å². The van der Waals surface area contributed by atoms with E-state index in [-0.39, 0.29) is 17.4 Å². The lowest BCUT2D eigenvalue weighted by molar-refractivity contribution is 0.0677. The van der Waals surface area contributed by atoms with Crippen LogP contribution in [0, 0.1) is 0 Å². The van der Waals surface area contributed by atoms with Crippen molar-refractivity contribution in [2.75, 3.05) is 14.2 Å². The lowest BCUT2D eigenvalue weighted by Crippen LogP contribution is -2.27. The summed E-state index contributed by atoms with van der Waals surface area (Å²) in [6.07, 6.45) is 1.85. The minimum atomic E-state index is -0.428. The van der Waals surface area contributed by atoms with E-state index in [0.717, 1.165) is 5.56 Å². The number of rotatable bonds is 5. The summed E-state index contributed by atoms with van der Waals surface area (Å²) in [5.41, 5.74) is 1.97. The number of carbonyl (C=O) groups excluding carboxylic acids is 1. The van der Waals surface area contributed by atoms with Gasteiger partial charge in [0.05, 0.1) is 32.2 Å². The van der Waals surface area contributed by atoms with E-state index in [9.17, 15) is 9.90 Å². The fourth-order valence-corrected chi connectivity index (χ4v) is 3.43. The van der Waals surface area contributed by atoms with Crippen molar-refractivity contribution in [2.45, 2.75) is 12.5 Å². The van der Waals surface area contributed by atoms with Crippen LogP contribution in [0.4, 0.5) is 0 Å². The maximum Gasteiger partial charge on any atom is 0.310 e. The van der Waals surface area contributed by atoms with Gasteiger partial charge in [-0.25, -0.2) is 5.01 Å². The number of hydrazone groups is 1. The summed E-state index contributed by atoms with van der Waals surface area (Å²) < 4.78 is 16.1. The molecule has 0 radical (unpaired) electrons. The van der Waals surface area contributed by atoms with Gasteiger partial charge in [-0.05, 0) is 36.4 Å². The summed E-state index contributed by atoms with van der Waals surface area (Å²) in [5.74, 6) is 1.15. The number of ether oxygens (including phenoxy) is 2. The number of amides is 1. The van der Waals surface area contributed by atoms with Crippen molar-refractivity contribution in [1.82, 2.24) is 5.01 Å². The number of methoxy groups -OCH3 is 2. The van der Waals surface area contributed by atoms with Crippen molar-refractivity contribution in [3.63, 3.8) is 0 Å². The van der Waals surface area contributed by atoms with Crippen LogP contribution in [0.3, 0.4) is 0 Å². The average molecular weight is 392 g/mol. The number of furan rings is 1. The fourth-order valence-electron chi connectivity index (χ4n) is 3.43. The van der Waals surface area contributed by atoms with Crippen LogP contribution in [0.5, 0.6) is 17.2 Å². The van der Waals surface area contributed by atoms with E-state index in [1.54, 1.807) is 50.6 Å². The molecular formula is C22H20N2O5. The molecule has 3 aromatic rings. The first-order chi connectivity index (χ1) is 14.1. The van der Waals surface area contributed by atoms with E-state index in [1.165, 1.54) is 11.3 Å². The number of carbonyl (C=O) groups is 1. The monoisotopic (exact) mass is 392 g/mol. The van der Waals surface area contributed by atoms with Gasteiger partial charge in [0.25, 0.3) is 0 Å². The number of phenols is 1. The van der Waals surface area contributed by atoms with Gasteiger partial charge in [-0.15, -0.1) is 0 Å². The molecule has 0 aliphatic carbocycles. The fraction of sp³-hybridized carbons (Fsp3) is 0.182. The third kappa shape index (κ3) is 3.42. The van der Waals surface area contributed by atoms with Crippen molar-refractivity contribution in [3.05, 3.63) is 77.7 Å². The average Bonchev–Trinajstić information content (AvgIpc) is 3.43. The molecule has 2 aromatic carbocycles. The van der Waals surface area contributed by atoms with Gasteiger partial charge >= 0.3 is 5.91 Å². The van der Waals surface area contributed by atoms with Crippen molar-refractivity contribution < 1.29 is 23.8 Å². The molecule has 2 heterocycles. The molecule has 1 aliphatic heterocycles. The van der Waals surface area contributed by atoms with Crippen molar-refractivity contribution in [3.8, 4) is 17.2 Å². The number of hydrogen-bond acceptors (Lipinski definition) is 6. The van der Waals surface area contributed by atoms with Crippen LogP contribution in [-0.2, 0) is 0 Å². The first kappa shape index (κ1) is 18.6. The summed E-state index contributed by atoms with van der Waals surface area (Å²) >= 11 is 0. The molecule has 1 atom stereocenters. The Kier molecular flexibility index (Phi) is 4.95. The zero-order valence-corrected chi connectivity index (χ0v) is 16.0. The Morgan fingerprint density at radius 2 is 1.97 bits per heavy atom. The first-order valence-corrected chi connectivity index (χ1v) is 9.07. The highest BCUT2D eigenvalue weighted by molar-refractivity contribution is 6.06. The SMILES string of the molecule is COc1ccc([C@H]2CC(c3ccccc3O)=NN2C(=O)c2ccco2)c(OC)c1. The van der Waals surface area contributed by atoms with Gasteiger partial charge in [0.1, 0.15) is 17.2 Å². The van der Waals surface area contributed by atoms with Gasteiger partial charge in [-0.1, -0.05) is 12.1 Å². The second-order valence-electron chi connectivity index (χ2n) is 6.52. The third-order valence-corrected chi connectivity index (χ3v) is 4.87. The molecule has 7 heteroatoms. The highest BCUT2D eigenvalue weighted by Gasteiger charge is 2.37. The van der Waals surface area contributed by atoms with Crippen LogP contribution in [-0.4, -0.2) is 36.0 Å². The van der Waals surface area contributed by atoms with Crippen molar-refractivity contribution in [1.29, 1.82) is 0 Å². The molecule has 1 amide bonds. The minimum Gasteiger partial charge on any atom is -0.507 e. The van der Waals surface area contributed by atoms with Gasteiger partial charge < -0.3 is 19.0 Å². The molecule has 4 rings (SSSR count). The second kappa shape index (κ2) is 7.71. The number of hydrogen-bond donors (Lipinski definition) is 1. The Morgan fingerprint density at radius 3 is 2.66 bits per heavy atom. The Balaban J connectivity index is 1.78. The van der Waals surface area contributed by atoms with Crippen LogP contribution in [0.25, 0.3) is 0 Å². The normalized spacial score (nSPS) is 15.9. The third-order valence-electron chi connectivity index (χ3n) is 4.87. The van der Waals surface area contributed by atoms with Crippen LogP contribution < -0.4 is 9.47 Å². The molecule has 0 unspecified atom stereocenters. The molecular weight excluding hydrogens is 372 g/mol. The maximum absolute atomic E-state index is 13.1. The topological polar surface area (TPSA) is 84.5 Å². The molecule has 0 fully saturated rings. The summed E-state index contributed by atoms with van der Waals surface area (Å²) in [6, 6.07) is 15.2. The van der Waals surface area contributed by atoms with E-state index >= 15 is 0 Å². The number of aromatic hydroxyl groups is 1. The van der Waals surface area contributed by atoms with E-state index in [4.69, 9.17) is 13.9 Å². The zero-order chi connectivity index (χ0) is 20.4. The van der Waals surface area contributed by atoms with Crippen LogP contribution >= 0.6 is 0 Å². The summed E-state index contributed by atoms with van der Waals surface area (Å²) in [4.78, 5) is 13.1. The highest BCUT2D eigenvalue weighted by Crippen LogP contribution is 2.40. The smallest absolute Gasteiger partial charge is 0.310 e. The number of para-hydroxylation sites is 1. The lowest BCUT2D eigenvalue weighted by Gasteiger charge is -2.23. The highest BCUT2D eigenvalue weighted by atomic mass is 16.5. The molecule has 1 aromatic heterocycles. The van der Waals surface area contributed by atoms with Crippen LogP contribution in [0.1, 0.15) is 34.1 Å². The predicted molar refractivity (Wildman–Crippen MR) is 106 cm³/mol. The summed E-state index contributed by atoms with van der Waals surface area (Å²) in [7, 11) is 3.15. The van der Waals surface area contributed by atoms with Gasteiger partial charge in [-0.2, -0.15) is 5.10 Å². The van der Waals surface area contributed by atoms with Gasteiger partial charge in [0.15, 0.2) is 5.76 Å². The molecule has 148 valence electrons. The van der Waals surface area contributed by atoms with Crippen molar-refractivity contribution >= 4 is 11.6 Å². The van der Waals surface area contributed by atoms with E-state index < -0.39 is 6.04 Å². The van der Waals surface area contributed by atoms with Crippen molar-refractivity contribution in [2.24, 2.45) is 5.10 Å². The number of phenolic OH excluding ortho intramolecular Hbond substituents is 1. The molecule has 1 N–H and O–H groups in total. The maximum atomic E-state index is 13.1. The van der Waals surface area contributed by atoms with E-state index in [1.807, 2.05) is 18.2 Å². The number of benzene rings is 2. The van der Waals surface area contributed by atoms with Crippen LogP contribution in [0.2, 0.25) is 0 Å². The molecule has 29 heavy (non-hydrogen) atoms. The molecule has 0 spiro atoms. The Hall–Kier alpha value is -3.74. The number of nitrogens with zero attached hydrogens (tertiary/aromatic N) is 2. The van der Waals surface area contributed by atoms with E-state index in [0.29, 0.717) is 29.2 Å². The first-order valence-electron chi connectivity index (χ1n) is 9.07. The largest absolute Gasteiger partial charge is 0.507 e. The lowest BCUT2D eigenvalue weighted by atomic mass is 9.97. The molecule has 0 bridgehead atoms. The Morgan fingerprint density at radius 1 is 1.14 bits per heavy atom. The zero-order valence-electron chi connectivity index (χ0n) is 16.0. The Labute approximate surface area is 167 Å². The molecule has 7 nitrogen and oxygen atoms in total. The van der Waals surface area contributed by atoms with Gasteiger partial charge in [0.2, 0.25) is 0 Å².